The number of halogens is 1. The first-order valence-corrected chi connectivity index (χ1v) is 5.93. The van der Waals surface area contributed by atoms with Crippen LogP contribution in [0.1, 0.15) is 25.3 Å². The summed E-state index contributed by atoms with van der Waals surface area (Å²) in [6, 6.07) is 4.28. The molecule has 0 unspecified atom stereocenters. The van der Waals surface area contributed by atoms with E-state index in [2.05, 4.69) is 6.92 Å². The number of hydrogen-bond acceptors (Lipinski definition) is 3. The zero-order valence-electron chi connectivity index (χ0n) is 10.2. The van der Waals surface area contributed by atoms with Crippen molar-refractivity contribution in [3.63, 3.8) is 0 Å². The number of unbranched alkanes of at least 4 members (excludes halogenated alkanes) is 1. The molecule has 3 nitrogen and oxygen atoms in total. The summed E-state index contributed by atoms with van der Waals surface area (Å²) in [7, 11) is 0. The van der Waals surface area contributed by atoms with Crippen LogP contribution in [0.3, 0.4) is 0 Å². The number of nitrogens with two attached hydrogens (primary N) is 1. The topological polar surface area (TPSA) is 44.5 Å². The van der Waals surface area contributed by atoms with Gasteiger partial charge in [-0.2, -0.15) is 0 Å². The lowest BCUT2D eigenvalue weighted by molar-refractivity contribution is 0.0398. The minimum absolute atomic E-state index is 0.294. The summed E-state index contributed by atoms with van der Waals surface area (Å²) in [5, 5.41) is 0. The lowest BCUT2D eigenvalue weighted by Crippen LogP contribution is -2.06. The summed E-state index contributed by atoms with van der Waals surface area (Å²) in [5.41, 5.74) is 6.93. The Balaban J connectivity index is 2.15. The highest BCUT2D eigenvalue weighted by atomic mass is 19.1. The van der Waals surface area contributed by atoms with Crippen LogP contribution in [0.15, 0.2) is 18.2 Å². The second kappa shape index (κ2) is 8.03. The van der Waals surface area contributed by atoms with Crippen LogP contribution in [-0.2, 0) is 16.1 Å². The monoisotopic (exact) mass is 241 g/mol. The summed E-state index contributed by atoms with van der Waals surface area (Å²) in [4.78, 5) is 0. The summed E-state index contributed by atoms with van der Waals surface area (Å²) in [5.74, 6) is -0.294. The number of rotatable bonds is 8. The number of ether oxygens (including phenoxy) is 2. The fourth-order valence-electron chi connectivity index (χ4n) is 1.35. The molecule has 0 heterocycles. The number of hydrogen-bond donors (Lipinski definition) is 1. The molecular formula is C13H20FNO2. The van der Waals surface area contributed by atoms with E-state index in [0.29, 0.717) is 31.1 Å². The number of benzene rings is 1. The lowest BCUT2D eigenvalue weighted by atomic mass is 10.2. The SMILES string of the molecule is CCCCOCCOCc1cc(F)ccc1N. The van der Waals surface area contributed by atoms with Gasteiger partial charge in [-0.3, -0.25) is 0 Å². The minimum Gasteiger partial charge on any atom is -0.398 e. The Hall–Kier alpha value is -1.13. The van der Waals surface area contributed by atoms with Crippen molar-refractivity contribution in [2.45, 2.75) is 26.4 Å². The van der Waals surface area contributed by atoms with E-state index in [1.165, 1.54) is 12.1 Å². The second-order valence-corrected chi connectivity index (χ2v) is 3.86. The van der Waals surface area contributed by atoms with Gasteiger partial charge in [0, 0.05) is 17.9 Å². The first-order valence-electron chi connectivity index (χ1n) is 5.93. The Bertz CT molecular complexity index is 331. The van der Waals surface area contributed by atoms with Crippen molar-refractivity contribution in [2.24, 2.45) is 0 Å². The van der Waals surface area contributed by atoms with Gasteiger partial charge in [-0.25, -0.2) is 4.39 Å². The van der Waals surface area contributed by atoms with E-state index in [9.17, 15) is 4.39 Å². The van der Waals surface area contributed by atoms with Gasteiger partial charge in [0.1, 0.15) is 5.82 Å². The lowest BCUT2D eigenvalue weighted by Gasteiger charge is -2.07. The third-order valence-electron chi connectivity index (χ3n) is 2.38. The van der Waals surface area contributed by atoms with Crippen molar-refractivity contribution in [3.8, 4) is 0 Å². The molecule has 1 aromatic carbocycles. The molecule has 1 aromatic rings. The van der Waals surface area contributed by atoms with E-state index in [-0.39, 0.29) is 5.82 Å². The first kappa shape index (κ1) is 13.9. The van der Waals surface area contributed by atoms with Crippen LogP contribution in [0.5, 0.6) is 0 Å². The van der Waals surface area contributed by atoms with Gasteiger partial charge >= 0.3 is 0 Å². The molecule has 0 aromatic heterocycles. The maximum Gasteiger partial charge on any atom is 0.123 e. The fourth-order valence-corrected chi connectivity index (χ4v) is 1.35. The number of anilines is 1. The third-order valence-corrected chi connectivity index (χ3v) is 2.38. The van der Waals surface area contributed by atoms with Gasteiger partial charge in [0.2, 0.25) is 0 Å². The van der Waals surface area contributed by atoms with Crippen LogP contribution in [0.2, 0.25) is 0 Å². The highest BCUT2D eigenvalue weighted by Crippen LogP contribution is 2.14. The zero-order valence-corrected chi connectivity index (χ0v) is 10.2. The van der Waals surface area contributed by atoms with Gasteiger partial charge in [0.25, 0.3) is 0 Å². The van der Waals surface area contributed by atoms with E-state index in [0.717, 1.165) is 19.4 Å². The molecule has 0 bridgehead atoms. The van der Waals surface area contributed by atoms with Crippen molar-refractivity contribution < 1.29 is 13.9 Å². The standard InChI is InChI=1S/C13H20FNO2/c1-2-3-6-16-7-8-17-10-11-9-12(14)4-5-13(11)15/h4-5,9H,2-3,6-8,10,15H2,1H3. The van der Waals surface area contributed by atoms with Crippen molar-refractivity contribution in [2.75, 3.05) is 25.6 Å². The predicted octanol–water partition coefficient (Wildman–Crippen LogP) is 2.74. The van der Waals surface area contributed by atoms with Crippen LogP contribution in [0, 0.1) is 5.82 Å². The Morgan fingerprint density at radius 3 is 2.71 bits per heavy atom. The molecule has 0 aliphatic carbocycles. The molecule has 0 atom stereocenters. The maximum absolute atomic E-state index is 12.9. The highest BCUT2D eigenvalue weighted by molar-refractivity contribution is 5.46. The van der Waals surface area contributed by atoms with Crippen molar-refractivity contribution in [1.29, 1.82) is 0 Å². The van der Waals surface area contributed by atoms with Crippen LogP contribution < -0.4 is 5.73 Å². The van der Waals surface area contributed by atoms with Gasteiger partial charge in [-0.05, 0) is 24.6 Å². The molecule has 0 spiro atoms. The third kappa shape index (κ3) is 5.65. The van der Waals surface area contributed by atoms with Gasteiger partial charge in [-0.15, -0.1) is 0 Å². The van der Waals surface area contributed by atoms with Crippen LogP contribution >= 0.6 is 0 Å². The molecule has 96 valence electrons. The molecule has 0 aliphatic heterocycles. The molecule has 2 N–H and O–H groups in total. The molecule has 0 amide bonds. The Morgan fingerprint density at radius 1 is 1.18 bits per heavy atom. The molecule has 17 heavy (non-hydrogen) atoms. The van der Waals surface area contributed by atoms with Gasteiger partial charge < -0.3 is 15.2 Å². The number of nitrogen functional groups attached to an aromatic ring is 1. The van der Waals surface area contributed by atoms with Crippen molar-refractivity contribution in [1.82, 2.24) is 0 Å². The van der Waals surface area contributed by atoms with E-state index in [1.54, 1.807) is 6.07 Å². The van der Waals surface area contributed by atoms with E-state index >= 15 is 0 Å². The molecule has 0 radical (unpaired) electrons. The zero-order chi connectivity index (χ0) is 12.5. The predicted molar refractivity (Wildman–Crippen MR) is 66.2 cm³/mol. The van der Waals surface area contributed by atoms with Crippen molar-refractivity contribution in [3.05, 3.63) is 29.6 Å². The Kier molecular flexibility index (Phi) is 6.58. The van der Waals surface area contributed by atoms with Gasteiger partial charge in [0.05, 0.1) is 19.8 Å². The molecule has 0 saturated heterocycles. The molecular weight excluding hydrogens is 221 g/mol. The van der Waals surface area contributed by atoms with E-state index in [4.69, 9.17) is 15.2 Å². The quantitative estimate of drug-likeness (QED) is 0.562. The van der Waals surface area contributed by atoms with Crippen LogP contribution in [-0.4, -0.2) is 19.8 Å². The molecule has 1 rings (SSSR count). The molecule has 0 aliphatic rings. The highest BCUT2D eigenvalue weighted by Gasteiger charge is 2.01. The van der Waals surface area contributed by atoms with Gasteiger partial charge in [-0.1, -0.05) is 13.3 Å². The Labute approximate surface area is 102 Å². The normalized spacial score (nSPS) is 10.7. The van der Waals surface area contributed by atoms with Crippen LogP contribution in [0.25, 0.3) is 0 Å². The molecule has 0 fully saturated rings. The minimum atomic E-state index is -0.294. The smallest absolute Gasteiger partial charge is 0.123 e. The maximum atomic E-state index is 12.9. The first-order chi connectivity index (χ1) is 8.24. The van der Waals surface area contributed by atoms with E-state index < -0.39 is 0 Å². The van der Waals surface area contributed by atoms with Gasteiger partial charge in [0.15, 0.2) is 0 Å². The summed E-state index contributed by atoms with van der Waals surface area (Å²) >= 11 is 0. The van der Waals surface area contributed by atoms with Crippen molar-refractivity contribution >= 4 is 5.69 Å². The van der Waals surface area contributed by atoms with E-state index in [1.807, 2.05) is 0 Å². The fraction of sp³-hybridized carbons (Fsp3) is 0.538. The average molecular weight is 241 g/mol. The summed E-state index contributed by atoms with van der Waals surface area (Å²) in [6.45, 7) is 4.27. The largest absolute Gasteiger partial charge is 0.398 e. The van der Waals surface area contributed by atoms with Crippen LogP contribution in [0.4, 0.5) is 10.1 Å². The average Bonchev–Trinajstić information content (AvgIpc) is 2.32. The molecule has 0 saturated carbocycles. The Morgan fingerprint density at radius 2 is 1.94 bits per heavy atom. The second-order valence-electron chi connectivity index (χ2n) is 3.86. The molecule has 4 heteroatoms. The summed E-state index contributed by atoms with van der Waals surface area (Å²) in [6.07, 6.45) is 2.19. The summed E-state index contributed by atoms with van der Waals surface area (Å²) < 4.78 is 23.6.